The molecular formula is C64H121NO5. The molecule has 0 radical (unpaired) electrons. The van der Waals surface area contributed by atoms with E-state index in [2.05, 4.69) is 55.6 Å². The van der Waals surface area contributed by atoms with Crippen LogP contribution < -0.4 is 5.32 Å². The highest BCUT2D eigenvalue weighted by molar-refractivity contribution is 5.76. The molecule has 0 aliphatic rings. The molecule has 0 aliphatic carbocycles. The summed E-state index contributed by atoms with van der Waals surface area (Å²) in [5, 5.41) is 23.2. The number of amides is 1. The standard InChI is InChI=1S/C64H121NO5/c1-3-5-7-9-11-13-15-17-30-34-38-42-46-50-54-58-64(69)70-59-55-51-47-43-39-35-32-29-27-25-23-21-19-18-20-22-24-26-28-31-33-37-41-45-49-53-57-63(68)65-61(60-66)62(67)56-52-48-44-40-36-16-14-12-10-8-6-4-2/h11,13,17-18,20,30,61-62,66-67H,3-10,12,14-16,19,21-29,31-60H2,1-2H3,(H,65,68)/b13-11-,20-18-,30-17-. The van der Waals surface area contributed by atoms with Crippen LogP contribution >= 0.6 is 0 Å². The zero-order chi connectivity index (χ0) is 50.7. The molecule has 0 rings (SSSR count). The number of carbonyl (C=O) groups excluding carboxylic acids is 2. The monoisotopic (exact) mass is 984 g/mol. The Morgan fingerprint density at radius 3 is 1.13 bits per heavy atom. The lowest BCUT2D eigenvalue weighted by molar-refractivity contribution is -0.143. The molecule has 0 spiro atoms. The molecule has 0 aromatic heterocycles. The van der Waals surface area contributed by atoms with Crippen LogP contribution in [0.5, 0.6) is 0 Å². The van der Waals surface area contributed by atoms with Gasteiger partial charge in [0, 0.05) is 12.8 Å². The fraction of sp³-hybridized carbons (Fsp3) is 0.875. The largest absolute Gasteiger partial charge is 0.466 e. The van der Waals surface area contributed by atoms with Gasteiger partial charge in [-0.05, 0) is 83.5 Å². The number of aliphatic hydroxyl groups excluding tert-OH is 2. The lowest BCUT2D eigenvalue weighted by Crippen LogP contribution is -2.45. The molecule has 0 fully saturated rings. The molecular weight excluding hydrogens is 863 g/mol. The molecule has 0 saturated heterocycles. The Hall–Kier alpha value is -1.92. The summed E-state index contributed by atoms with van der Waals surface area (Å²) in [5.74, 6) is -0.0365. The fourth-order valence-electron chi connectivity index (χ4n) is 9.61. The SMILES string of the molecule is CCCCC/C=C\C/C=C\CCCCCCCC(=O)OCCCCCCCCCCCCCC/C=C\CCCCCCCCCCCCC(=O)NC(CO)C(O)CCCCCCCCCCCCCC. The predicted molar refractivity (Wildman–Crippen MR) is 306 cm³/mol. The Labute approximate surface area is 436 Å². The minimum atomic E-state index is -0.664. The van der Waals surface area contributed by atoms with Crippen molar-refractivity contribution in [2.45, 2.75) is 347 Å². The highest BCUT2D eigenvalue weighted by atomic mass is 16.5. The second kappa shape index (κ2) is 59.6. The van der Waals surface area contributed by atoms with Gasteiger partial charge in [0.2, 0.25) is 5.91 Å². The minimum Gasteiger partial charge on any atom is -0.466 e. The first-order valence-electron chi connectivity index (χ1n) is 31.2. The van der Waals surface area contributed by atoms with Crippen molar-refractivity contribution >= 4 is 11.9 Å². The van der Waals surface area contributed by atoms with Gasteiger partial charge in [-0.2, -0.15) is 0 Å². The highest BCUT2D eigenvalue weighted by Gasteiger charge is 2.20. The number of hydrogen-bond donors (Lipinski definition) is 3. The van der Waals surface area contributed by atoms with Crippen molar-refractivity contribution in [3.63, 3.8) is 0 Å². The van der Waals surface area contributed by atoms with Crippen LogP contribution in [0.3, 0.4) is 0 Å². The van der Waals surface area contributed by atoms with Gasteiger partial charge in [-0.3, -0.25) is 9.59 Å². The molecule has 6 heteroatoms. The third kappa shape index (κ3) is 55.4. The van der Waals surface area contributed by atoms with Gasteiger partial charge in [0.15, 0.2) is 0 Å². The molecule has 0 aromatic rings. The number of aliphatic hydroxyl groups is 2. The van der Waals surface area contributed by atoms with E-state index in [1.54, 1.807) is 0 Å². The van der Waals surface area contributed by atoms with Gasteiger partial charge in [-0.1, -0.05) is 275 Å². The summed E-state index contributed by atoms with van der Waals surface area (Å²) < 4.78 is 5.48. The topological polar surface area (TPSA) is 95.9 Å². The summed E-state index contributed by atoms with van der Waals surface area (Å²) in [6, 6.07) is -0.542. The Morgan fingerprint density at radius 2 is 0.714 bits per heavy atom. The van der Waals surface area contributed by atoms with Crippen LogP contribution in [0.25, 0.3) is 0 Å². The Kier molecular flexibility index (Phi) is 58.0. The number of nitrogens with one attached hydrogen (secondary N) is 1. The minimum absolute atomic E-state index is 0.000239. The van der Waals surface area contributed by atoms with E-state index in [1.807, 2.05) is 0 Å². The summed E-state index contributed by atoms with van der Waals surface area (Å²) in [5.41, 5.74) is 0. The van der Waals surface area contributed by atoms with Crippen LogP contribution in [-0.2, 0) is 14.3 Å². The van der Waals surface area contributed by atoms with Gasteiger partial charge >= 0.3 is 5.97 Å². The molecule has 6 nitrogen and oxygen atoms in total. The Bertz CT molecular complexity index is 1130. The first-order valence-corrected chi connectivity index (χ1v) is 31.2. The third-order valence-corrected chi connectivity index (χ3v) is 14.4. The molecule has 3 N–H and O–H groups in total. The summed E-state index contributed by atoms with van der Waals surface area (Å²) in [6.07, 6.45) is 74.4. The molecule has 1 amide bonds. The second-order valence-corrected chi connectivity index (χ2v) is 21.4. The lowest BCUT2D eigenvalue weighted by Gasteiger charge is -2.22. The van der Waals surface area contributed by atoms with E-state index in [1.165, 1.54) is 250 Å². The summed E-state index contributed by atoms with van der Waals surface area (Å²) in [4.78, 5) is 24.5. The van der Waals surface area contributed by atoms with E-state index >= 15 is 0 Å². The van der Waals surface area contributed by atoms with Gasteiger partial charge < -0.3 is 20.3 Å². The van der Waals surface area contributed by atoms with Crippen LogP contribution in [0, 0.1) is 0 Å². The summed E-state index contributed by atoms with van der Waals surface area (Å²) >= 11 is 0. The van der Waals surface area contributed by atoms with E-state index in [-0.39, 0.29) is 18.5 Å². The van der Waals surface area contributed by atoms with Crippen LogP contribution in [0.15, 0.2) is 36.5 Å². The van der Waals surface area contributed by atoms with Gasteiger partial charge in [0.05, 0.1) is 25.4 Å². The third-order valence-electron chi connectivity index (χ3n) is 14.4. The summed E-state index contributed by atoms with van der Waals surface area (Å²) in [6.45, 7) is 4.92. The number of hydrogen-bond acceptors (Lipinski definition) is 5. The zero-order valence-corrected chi connectivity index (χ0v) is 47.0. The lowest BCUT2D eigenvalue weighted by atomic mass is 10.0. The van der Waals surface area contributed by atoms with Crippen LogP contribution in [-0.4, -0.2) is 47.4 Å². The normalized spacial score (nSPS) is 12.8. The average Bonchev–Trinajstić information content (AvgIpc) is 3.36. The van der Waals surface area contributed by atoms with E-state index in [9.17, 15) is 19.8 Å². The molecule has 70 heavy (non-hydrogen) atoms. The quantitative estimate of drug-likeness (QED) is 0.0321. The van der Waals surface area contributed by atoms with Crippen LogP contribution in [0.1, 0.15) is 335 Å². The van der Waals surface area contributed by atoms with Crippen molar-refractivity contribution in [2.24, 2.45) is 0 Å². The van der Waals surface area contributed by atoms with Gasteiger partial charge in [0.25, 0.3) is 0 Å². The fourth-order valence-corrected chi connectivity index (χ4v) is 9.61. The Balaban J connectivity index is 3.38. The zero-order valence-electron chi connectivity index (χ0n) is 47.0. The van der Waals surface area contributed by atoms with Crippen molar-refractivity contribution < 1.29 is 24.5 Å². The van der Waals surface area contributed by atoms with Crippen LogP contribution in [0.4, 0.5) is 0 Å². The highest BCUT2D eigenvalue weighted by Crippen LogP contribution is 2.17. The average molecular weight is 985 g/mol. The van der Waals surface area contributed by atoms with Gasteiger partial charge in [-0.25, -0.2) is 0 Å². The van der Waals surface area contributed by atoms with E-state index < -0.39 is 12.1 Å². The number of allylic oxidation sites excluding steroid dienone is 6. The van der Waals surface area contributed by atoms with E-state index in [4.69, 9.17) is 4.74 Å². The molecule has 0 saturated carbocycles. The number of rotatable bonds is 58. The Morgan fingerprint density at radius 1 is 0.400 bits per heavy atom. The van der Waals surface area contributed by atoms with Crippen molar-refractivity contribution in [2.75, 3.05) is 13.2 Å². The van der Waals surface area contributed by atoms with Crippen molar-refractivity contribution in [3.05, 3.63) is 36.5 Å². The smallest absolute Gasteiger partial charge is 0.305 e. The maximum atomic E-state index is 12.5. The van der Waals surface area contributed by atoms with Crippen molar-refractivity contribution in [1.29, 1.82) is 0 Å². The molecule has 0 aromatic carbocycles. The first kappa shape index (κ1) is 68.1. The maximum absolute atomic E-state index is 12.5. The van der Waals surface area contributed by atoms with Crippen molar-refractivity contribution in [3.8, 4) is 0 Å². The number of esters is 1. The molecule has 0 bridgehead atoms. The van der Waals surface area contributed by atoms with Gasteiger partial charge in [0.1, 0.15) is 0 Å². The number of unbranched alkanes of at least 4 members (excludes halogenated alkanes) is 41. The number of carbonyl (C=O) groups is 2. The summed E-state index contributed by atoms with van der Waals surface area (Å²) in [7, 11) is 0. The molecule has 0 aliphatic heterocycles. The van der Waals surface area contributed by atoms with E-state index in [0.29, 0.717) is 25.9 Å². The molecule has 412 valence electrons. The molecule has 2 unspecified atom stereocenters. The first-order chi connectivity index (χ1) is 34.5. The van der Waals surface area contributed by atoms with Gasteiger partial charge in [-0.15, -0.1) is 0 Å². The number of ether oxygens (including phenoxy) is 1. The van der Waals surface area contributed by atoms with Crippen molar-refractivity contribution in [1.82, 2.24) is 5.32 Å². The van der Waals surface area contributed by atoms with E-state index in [0.717, 1.165) is 51.4 Å². The molecule has 0 heterocycles. The second-order valence-electron chi connectivity index (χ2n) is 21.4. The predicted octanol–water partition coefficient (Wildman–Crippen LogP) is 19.6. The molecule has 2 atom stereocenters. The maximum Gasteiger partial charge on any atom is 0.305 e. The van der Waals surface area contributed by atoms with Crippen LogP contribution in [0.2, 0.25) is 0 Å².